The molecule has 3 nitrogen and oxygen atoms in total. The van der Waals surface area contributed by atoms with Crippen molar-refractivity contribution in [3.63, 3.8) is 0 Å². The van der Waals surface area contributed by atoms with Crippen molar-refractivity contribution in [1.82, 2.24) is 0 Å². The molecule has 2 N–H and O–H groups in total. The van der Waals surface area contributed by atoms with Crippen molar-refractivity contribution < 1.29 is 9.18 Å². The molecule has 4 heteroatoms. The van der Waals surface area contributed by atoms with Crippen LogP contribution in [0.4, 0.5) is 15.8 Å². The third-order valence-corrected chi connectivity index (χ3v) is 6.76. The van der Waals surface area contributed by atoms with Gasteiger partial charge < -0.3 is 10.6 Å². The lowest BCUT2D eigenvalue weighted by Crippen LogP contribution is -2.27. The van der Waals surface area contributed by atoms with Gasteiger partial charge in [0.1, 0.15) is 5.82 Å². The van der Waals surface area contributed by atoms with Crippen LogP contribution in [0.5, 0.6) is 0 Å². The number of carbonyl (C=O) groups excluding carboxylic acids is 1. The number of anilines is 2. The van der Waals surface area contributed by atoms with Gasteiger partial charge in [0, 0.05) is 17.7 Å². The first-order chi connectivity index (χ1) is 15.8. The number of Topliss-reactive ketones (excluding diaryl/α,β-unsaturated/α-hetero) is 1. The van der Waals surface area contributed by atoms with Crippen molar-refractivity contribution in [2.24, 2.45) is 0 Å². The molecule has 0 bridgehead atoms. The Labute approximate surface area is 194 Å². The van der Waals surface area contributed by atoms with Crippen molar-refractivity contribution >= 4 is 17.2 Å². The topological polar surface area (TPSA) is 41.1 Å². The van der Waals surface area contributed by atoms with Crippen molar-refractivity contribution in [3.8, 4) is 0 Å². The second kappa shape index (κ2) is 8.18. The van der Waals surface area contributed by atoms with Gasteiger partial charge in [-0.15, -0.1) is 0 Å². The molecule has 1 aliphatic heterocycles. The maximum absolute atomic E-state index is 13.6. The van der Waals surface area contributed by atoms with Gasteiger partial charge >= 0.3 is 0 Å². The molecule has 168 valence electrons. The summed E-state index contributed by atoms with van der Waals surface area (Å²) in [6, 6.07) is 22.8. The van der Waals surface area contributed by atoms with Crippen LogP contribution in [0.15, 0.2) is 84.1 Å². The molecule has 0 aromatic heterocycles. The lowest BCUT2D eigenvalue weighted by Gasteiger charge is -2.30. The average molecular weight is 441 g/mol. The van der Waals surface area contributed by atoms with Crippen LogP contribution in [0, 0.1) is 5.82 Å². The lowest BCUT2D eigenvalue weighted by molar-refractivity contribution is -0.116. The SMILES string of the molecule is CC(C)(C)c1ccc([C@@H]2CC(=O)C3=C(C2)Nc2ccccc2N[C@@H]3c2ccc(F)cc2)cc1. The molecule has 0 radical (unpaired) electrons. The zero-order valence-corrected chi connectivity index (χ0v) is 19.3. The van der Waals surface area contributed by atoms with Crippen LogP contribution < -0.4 is 10.6 Å². The minimum atomic E-state index is -0.325. The molecule has 2 atom stereocenters. The Morgan fingerprint density at radius 3 is 2.12 bits per heavy atom. The van der Waals surface area contributed by atoms with Crippen LogP contribution >= 0.6 is 0 Å². The summed E-state index contributed by atoms with van der Waals surface area (Å²) in [5.74, 6) is -0.0333. The summed E-state index contributed by atoms with van der Waals surface area (Å²) in [5.41, 5.74) is 7.03. The van der Waals surface area contributed by atoms with E-state index >= 15 is 0 Å². The molecule has 0 saturated carbocycles. The van der Waals surface area contributed by atoms with Crippen LogP contribution in [-0.2, 0) is 10.2 Å². The number of rotatable bonds is 2. The van der Waals surface area contributed by atoms with Crippen molar-refractivity contribution in [3.05, 3.63) is 107 Å². The highest BCUT2D eigenvalue weighted by Gasteiger charge is 2.36. The van der Waals surface area contributed by atoms with Gasteiger partial charge in [0.2, 0.25) is 0 Å². The number of nitrogens with one attached hydrogen (secondary N) is 2. The Kier molecular flexibility index (Phi) is 5.32. The zero-order valence-electron chi connectivity index (χ0n) is 19.3. The summed E-state index contributed by atoms with van der Waals surface area (Å²) in [5, 5.41) is 7.10. The van der Waals surface area contributed by atoms with Crippen LogP contribution in [0.2, 0.25) is 0 Å². The highest BCUT2D eigenvalue weighted by molar-refractivity contribution is 6.01. The fourth-order valence-corrected chi connectivity index (χ4v) is 4.89. The fraction of sp³-hybridized carbons (Fsp3) is 0.276. The quantitative estimate of drug-likeness (QED) is 0.446. The standard InChI is InChI=1S/C29H29FN2O/c1-29(2,3)21-12-8-18(9-13-21)20-16-25-27(26(33)17-20)28(19-10-14-22(30)15-11-19)32-24-7-5-4-6-23(24)31-25/h4-15,20,28,31-32H,16-17H2,1-3H3/t20-,28+/m0/s1. The maximum Gasteiger partial charge on any atom is 0.163 e. The van der Waals surface area contributed by atoms with E-state index in [4.69, 9.17) is 0 Å². The van der Waals surface area contributed by atoms with E-state index in [0.717, 1.165) is 34.6 Å². The molecule has 1 aliphatic carbocycles. The summed E-state index contributed by atoms with van der Waals surface area (Å²) in [6.45, 7) is 6.62. The number of benzene rings is 3. The summed E-state index contributed by atoms with van der Waals surface area (Å²) >= 11 is 0. The first-order valence-corrected chi connectivity index (χ1v) is 11.5. The number of fused-ring (bicyclic) bond motifs is 1. The van der Waals surface area contributed by atoms with Crippen LogP contribution in [0.3, 0.4) is 0 Å². The van der Waals surface area contributed by atoms with E-state index in [1.807, 2.05) is 24.3 Å². The number of allylic oxidation sites excluding steroid dienone is 1. The largest absolute Gasteiger partial charge is 0.372 e. The van der Waals surface area contributed by atoms with E-state index in [1.165, 1.54) is 23.3 Å². The van der Waals surface area contributed by atoms with Gasteiger partial charge in [-0.1, -0.05) is 69.3 Å². The van der Waals surface area contributed by atoms with Crippen molar-refractivity contribution in [2.75, 3.05) is 10.6 Å². The smallest absolute Gasteiger partial charge is 0.163 e. The third-order valence-electron chi connectivity index (χ3n) is 6.76. The molecule has 0 saturated heterocycles. The van der Waals surface area contributed by atoms with Crippen LogP contribution in [-0.4, -0.2) is 5.78 Å². The molecule has 0 spiro atoms. The minimum absolute atomic E-state index is 0.0945. The second-order valence-corrected chi connectivity index (χ2v) is 10.1. The van der Waals surface area contributed by atoms with Gasteiger partial charge in [-0.05, 0) is 58.7 Å². The monoisotopic (exact) mass is 440 g/mol. The highest BCUT2D eigenvalue weighted by atomic mass is 19.1. The summed E-state index contributed by atoms with van der Waals surface area (Å²) in [7, 11) is 0. The van der Waals surface area contributed by atoms with Gasteiger partial charge in [-0.2, -0.15) is 0 Å². The molecule has 5 rings (SSSR count). The zero-order chi connectivity index (χ0) is 23.2. The van der Waals surface area contributed by atoms with E-state index in [-0.39, 0.29) is 29.0 Å². The highest BCUT2D eigenvalue weighted by Crippen LogP contribution is 2.44. The minimum Gasteiger partial charge on any atom is -0.372 e. The first kappa shape index (κ1) is 21.4. The van der Waals surface area contributed by atoms with E-state index in [1.54, 1.807) is 12.1 Å². The summed E-state index contributed by atoms with van der Waals surface area (Å²) in [6.07, 6.45) is 1.22. The number of carbonyl (C=O) groups is 1. The Bertz CT molecular complexity index is 1220. The van der Waals surface area contributed by atoms with E-state index in [9.17, 15) is 9.18 Å². The normalized spacial score (nSPS) is 20.3. The molecule has 33 heavy (non-hydrogen) atoms. The Balaban J connectivity index is 1.54. The second-order valence-electron chi connectivity index (χ2n) is 10.1. The Hall–Kier alpha value is -3.40. The number of hydrogen-bond acceptors (Lipinski definition) is 3. The molecule has 0 amide bonds. The third kappa shape index (κ3) is 4.18. The molecule has 3 aromatic carbocycles. The van der Waals surface area contributed by atoms with Gasteiger partial charge in [-0.3, -0.25) is 4.79 Å². The molecule has 3 aromatic rings. The molecule has 0 unspecified atom stereocenters. The van der Waals surface area contributed by atoms with E-state index in [2.05, 4.69) is 55.7 Å². The molecule has 1 heterocycles. The molecule has 2 aliphatic rings. The number of ketones is 1. The molecular formula is C29H29FN2O. The Morgan fingerprint density at radius 1 is 0.818 bits per heavy atom. The predicted octanol–water partition coefficient (Wildman–Crippen LogP) is 7.10. The van der Waals surface area contributed by atoms with Crippen molar-refractivity contribution in [2.45, 2.75) is 51.0 Å². The van der Waals surface area contributed by atoms with E-state index in [0.29, 0.717) is 6.42 Å². The van der Waals surface area contributed by atoms with Gasteiger partial charge in [0.15, 0.2) is 5.78 Å². The number of para-hydroxylation sites is 2. The van der Waals surface area contributed by atoms with Crippen molar-refractivity contribution in [1.29, 1.82) is 0 Å². The average Bonchev–Trinajstić information content (AvgIpc) is 2.96. The summed E-state index contributed by atoms with van der Waals surface area (Å²) < 4.78 is 13.6. The van der Waals surface area contributed by atoms with Crippen LogP contribution in [0.1, 0.15) is 62.3 Å². The maximum atomic E-state index is 13.6. The number of halogens is 1. The van der Waals surface area contributed by atoms with Gasteiger partial charge in [-0.25, -0.2) is 4.39 Å². The summed E-state index contributed by atoms with van der Waals surface area (Å²) in [4.78, 5) is 13.6. The van der Waals surface area contributed by atoms with Gasteiger partial charge in [0.05, 0.1) is 17.4 Å². The first-order valence-electron chi connectivity index (χ1n) is 11.5. The lowest BCUT2D eigenvalue weighted by atomic mass is 9.77. The number of hydrogen-bond donors (Lipinski definition) is 2. The predicted molar refractivity (Wildman–Crippen MR) is 132 cm³/mol. The Morgan fingerprint density at radius 2 is 1.45 bits per heavy atom. The van der Waals surface area contributed by atoms with E-state index < -0.39 is 0 Å². The van der Waals surface area contributed by atoms with Crippen LogP contribution in [0.25, 0.3) is 0 Å². The molecular weight excluding hydrogens is 411 g/mol. The fourth-order valence-electron chi connectivity index (χ4n) is 4.89. The van der Waals surface area contributed by atoms with Gasteiger partial charge in [0.25, 0.3) is 0 Å². The molecule has 0 fully saturated rings.